The molecule has 19 heavy (non-hydrogen) atoms. The van der Waals surface area contributed by atoms with Crippen molar-refractivity contribution in [3.05, 3.63) is 55.7 Å². The van der Waals surface area contributed by atoms with Gasteiger partial charge in [-0.3, -0.25) is 4.79 Å². The van der Waals surface area contributed by atoms with E-state index in [0.717, 1.165) is 18.5 Å². The van der Waals surface area contributed by atoms with Gasteiger partial charge in [-0.2, -0.15) is 0 Å². The van der Waals surface area contributed by atoms with Crippen molar-refractivity contribution in [1.82, 2.24) is 0 Å². The van der Waals surface area contributed by atoms with Crippen molar-refractivity contribution in [1.29, 1.82) is 0 Å². The van der Waals surface area contributed by atoms with E-state index in [1.54, 1.807) is 0 Å². The summed E-state index contributed by atoms with van der Waals surface area (Å²) >= 11 is 4.44. The molecule has 5 heteroatoms. The lowest BCUT2D eigenvalue weighted by molar-refractivity contribution is -0.114. The second-order valence-electron chi connectivity index (χ2n) is 3.86. The van der Waals surface area contributed by atoms with Crippen molar-refractivity contribution < 1.29 is 4.79 Å². The molecule has 3 nitrogen and oxygen atoms in total. The van der Waals surface area contributed by atoms with E-state index >= 15 is 0 Å². The first-order valence-electron chi connectivity index (χ1n) is 5.69. The first-order chi connectivity index (χ1) is 9.16. The first kappa shape index (κ1) is 14.6. The maximum Gasteiger partial charge on any atom is 0.243 e. The molecule has 0 spiro atoms. The van der Waals surface area contributed by atoms with Gasteiger partial charge in [0.1, 0.15) is 0 Å². The van der Waals surface area contributed by atoms with E-state index in [2.05, 4.69) is 55.8 Å². The van der Waals surface area contributed by atoms with E-state index in [9.17, 15) is 4.79 Å². The molecule has 0 aliphatic heterocycles. The summed E-state index contributed by atoms with van der Waals surface area (Å²) in [5.41, 5.74) is 1.82. The van der Waals surface area contributed by atoms with Crippen molar-refractivity contribution in [3.8, 4) is 0 Å². The number of carbonyl (C=O) groups is 1. The summed E-state index contributed by atoms with van der Waals surface area (Å²) in [6, 6.07) is 15.6. The van der Waals surface area contributed by atoms with Gasteiger partial charge in [-0.05, 0) is 69.4 Å². The zero-order valence-electron chi connectivity index (χ0n) is 9.99. The molecule has 0 saturated carbocycles. The Bertz CT molecular complexity index is 587. The molecule has 2 aromatic carbocycles. The van der Waals surface area contributed by atoms with Crippen LogP contribution in [0.5, 0.6) is 0 Å². The third kappa shape index (κ3) is 4.34. The Morgan fingerprint density at radius 3 is 2.00 bits per heavy atom. The number of rotatable bonds is 4. The molecule has 0 unspecified atom stereocenters. The minimum Gasteiger partial charge on any atom is -0.375 e. The summed E-state index contributed by atoms with van der Waals surface area (Å²) in [4.78, 5) is 11.9. The number of carbonyl (C=O) groups excluding carboxylic acids is 1. The zero-order chi connectivity index (χ0) is 13.7. The predicted molar refractivity (Wildman–Crippen MR) is 95.4 cm³/mol. The summed E-state index contributed by atoms with van der Waals surface area (Å²) in [5.74, 6) is -0.0521. The fourth-order valence-electron chi connectivity index (χ4n) is 1.54. The lowest BCUT2D eigenvalue weighted by Crippen LogP contribution is -2.22. The van der Waals surface area contributed by atoms with E-state index in [4.69, 9.17) is 0 Å². The molecule has 2 N–H and O–H groups in total. The number of para-hydroxylation sites is 2. The standard InChI is InChI=1S/C14H12I2N2O/c15-10-5-1-3-7-12(10)17-9-14(19)18-13-8-4-2-6-11(13)16/h1-8,17H,9H2,(H,18,19). The highest BCUT2D eigenvalue weighted by Crippen LogP contribution is 2.18. The molecule has 1 amide bonds. The third-order valence-electron chi connectivity index (χ3n) is 2.46. The number of hydrogen-bond donors (Lipinski definition) is 2. The quantitative estimate of drug-likeness (QED) is 0.655. The van der Waals surface area contributed by atoms with Crippen LogP contribution in [-0.4, -0.2) is 12.5 Å². The molecular formula is C14H12I2N2O. The molecule has 0 bridgehead atoms. The Morgan fingerprint density at radius 1 is 0.895 bits per heavy atom. The average molecular weight is 478 g/mol. The third-order valence-corrected chi connectivity index (χ3v) is 4.34. The van der Waals surface area contributed by atoms with Gasteiger partial charge in [-0.1, -0.05) is 24.3 Å². The van der Waals surface area contributed by atoms with Crippen molar-refractivity contribution in [3.63, 3.8) is 0 Å². The second kappa shape index (κ2) is 7.09. The summed E-state index contributed by atoms with van der Waals surface area (Å²) in [5, 5.41) is 6.02. The predicted octanol–water partition coefficient (Wildman–Crippen LogP) is 3.95. The van der Waals surface area contributed by atoms with Gasteiger partial charge in [0.25, 0.3) is 0 Å². The molecule has 0 atom stereocenters. The fourth-order valence-corrected chi connectivity index (χ4v) is 2.64. The molecule has 2 aromatic rings. The minimum atomic E-state index is -0.0521. The molecule has 0 heterocycles. The molecule has 0 aromatic heterocycles. The van der Waals surface area contributed by atoms with Crippen LogP contribution in [0.15, 0.2) is 48.5 Å². The van der Waals surface area contributed by atoms with Crippen LogP contribution < -0.4 is 10.6 Å². The highest BCUT2D eigenvalue weighted by atomic mass is 127. The maximum absolute atomic E-state index is 11.9. The fraction of sp³-hybridized carbons (Fsp3) is 0.0714. The van der Waals surface area contributed by atoms with Crippen molar-refractivity contribution in [2.24, 2.45) is 0 Å². The molecule has 0 aliphatic rings. The number of nitrogens with one attached hydrogen (secondary N) is 2. The van der Waals surface area contributed by atoms with Gasteiger partial charge in [-0.15, -0.1) is 0 Å². The van der Waals surface area contributed by atoms with Gasteiger partial charge in [0.05, 0.1) is 12.2 Å². The van der Waals surface area contributed by atoms with Crippen molar-refractivity contribution in [2.75, 3.05) is 17.2 Å². The van der Waals surface area contributed by atoms with Crippen LogP contribution in [0.25, 0.3) is 0 Å². The normalized spacial score (nSPS) is 10.0. The molecule has 2 rings (SSSR count). The Kier molecular flexibility index (Phi) is 5.44. The Balaban J connectivity index is 1.92. The first-order valence-corrected chi connectivity index (χ1v) is 7.85. The molecule has 0 radical (unpaired) electrons. The van der Waals surface area contributed by atoms with Crippen LogP contribution in [0.1, 0.15) is 0 Å². The average Bonchev–Trinajstić information content (AvgIpc) is 2.40. The maximum atomic E-state index is 11.9. The lowest BCUT2D eigenvalue weighted by atomic mass is 10.3. The SMILES string of the molecule is O=C(CNc1ccccc1I)Nc1ccccc1I. The molecule has 0 fully saturated rings. The number of hydrogen-bond acceptors (Lipinski definition) is 2. The van der Waals surface area contributed by atoms with Gasteiger partial charge in [-0.25, -0.2) is 0 Å². The van der Waals surface area contributed by atoms with Gasteiger partial charge in [0, 0.05) is 12.8 Å². The van der Waals surface area contributed by atoms with Gasteiger partial charge in [0.15, 0.2) is 0 Å². The summed E-state index contributed by atoms with van der Waals surface area (Å²) in [6.07, 6.45) is 0. The smallest absolute Gasteiger partial charge is 0.243 e. The largest absolute Gasteiger partial charge is 0.375 e. The monoisotopic (exact) mass is 478 g/mol. The molecule has 0 saturated heterocycles. The zero-order valence-corrected chi connectivity index (χ0v) is 14.3. The van der Waals surface area contributed by atoms with Gasteiger partial charge >= 0.3 is 0 Å². The number of halogens is 2. The van der Waals surface area contributed by atoms with E-state index < -0.39 is 0 Å². The van der Waals surface area contributed by atoms with Gasteiger partial charge in [0.2, 0.25) is 5.91 Å². The van der Waals surface area contributed by atoms with Crippen LogP contribution >= 0.6 is 45.2 Å². The molecular weight excluding hydrogens is 466 g/mol. The Morgan fingerprint density at radius 2 is 1.42 bits per heavy atom. The van der Waals surface area contributed by atoms with E-state index in [1.165, 1.54) is 0 Å². The van der Waals surface area contributed by atoms with E-state index in [-0.39, 0.29) is 12.5 Å². The van der Waals surface area contributed by atoms with Crippen LogP contribution in [0.3, 0.4) is 0 Å². The van der Waals surface area contributed by atoms with E-state index in [0.29, 0.717) is 0 Å². The number of anilines is 2. The van der Waals surface area contributed by atoms with Crippen LogP contribution in [-0.2, 0) is 4.79 Å². The van der Waals surface area contributed by atoms with Crippen molar-refractivity contribution in [2.45, 2.75) is 0 Å². The highest BCUT2D eigenvalue weighted by molar-refractivity contribution is 14.1. The summed E-state index contributed by atoms with van der Waals surface area (Å²) in [7, 11) is 0. The Labute approximate surface area is 139 Å². The summed E-state index contributed by atoms with van der Waals surface area (Å²) < 4.78 is 2.13. The lowest BCUT2D eigenvalue weighted by Gasteiger charge is -2.10. The minimum absolute atomic E-state index is 0.0521. The molecule has 0 aliphatic carbocycles. The topological polar surface area (TPSA) is 41.1 Å². The molecule has 98 valence electrons. The number of amides is 1. The number of benzene rings is 2. The summed E-state index contributed by atoms with van der Waals surface area (Å²) in [6.45, 7) is 0.255. The van der Waals surface area contributed by atoms with Gasteiger partial charge < -0.3 is 10.6 Å². The van der Waals surface area contributed by atoms with Crippen molar-refractivity contribution >= 4 is 62.5 Å². The van der Waals surface area contributed by atoms with Crippen LogP contribution in [0, 0.1) is 7.14 Å². The highest BCUT2D eigenvalue weighted by Gasteiger charge is 2.05. The van der Waals surface area contributed by atoms with Crippen LogP contribution in [0.4, 0.5) is 11.4 Å². The van der Waals surface area contributed by atoms with E-state index in [1.807, 2.05) is 48.5 Å². The Hall–Kier alpha value is -0.830. The second-order valence-corrected chi connectivity index (χ2v) is 6.19. The van der Waals surface area contributed by atoms with Crippen LogP contribution in [0.2, 0.25) is 0 Å².